The van der Waals surface area contributed by atoms with E-state index in [2.05, 4.69) is 6.92 Å². The summed E-state index contributed by atoms with van der Waals surface area (Å²) in [6, 6.07) is 5.58. The number of halogens is 1. The van der Waals surface area contributed by atoms with Crippen molar-refractivity contribution in [1.29, 1.82) is 0 Å². The summed E-state index contributed by atoms with van der Waals surface area (Å²) in [5.41, 5.74) is 6.40. The van der Waals surface area contributed by atoms with Gasteiger partial charge in [0.1, 0.15) is 0 Å². The van der Waals surface area contributed by atoms with Crippen molar-refractivity contribution in [3.05, 3.63) is 23.2 Å². The number of hydrogen-bond donors (Lipinski definition) is 1. The van der Waals surface area contributed by atoms with E-state index in [0.29, 0.717) is 0 Å². The summed E-state index contributed by atoms with van der Waals surface area (Å²) in [5, 5.41) is 0.794. The van der Waals surface area contributed by atoms with Crippen LogP contribution in [0.2, 0.25) is 5.02 Å². The van der Waals surface area contributed by atoms with Crippen molar-refractivity contribution in [1.82, 2.24) is 0 Å². The summed E-state index contributed by atoms with van der Waals surface area (Å²) in [7, 11) is 0. The van der Waals surface area contributed by atoms with Crippen LogP contribution >= 0.6 is 23.4 Å². The van der Waals surface area contributed by atoms with E-state index < -0.39 is 0 Å². The average molecular weight is 202 g/mol. The quantitative estimate of drug-likeness (QED) is 0.599. The van der Waals surface area contributed by atoms with Crippen molar-refractivity contribution in [2.75, 3.05) is 11.5 Å². The lowest BCUT2D eigenvalue weighted by Gasteiger charge is -2.03. The highest BCUT2D eigenvalue weighted by molar-refractivity contribution is 7.99. The molecule has 0 bridgehead atoms. The van der Waals surface area contributed by atoms with Gasteiger partial charge in [-0.15, -0.1) is 11.8 Å². The van der Waals surface area contributed by atoms with Crippen LogP contribution in [0.15, 0.2) is 23.1 Å². The molecule has 0 saturated carbocycles. The molecule has 0 radical (unpaired) electrons. The van der Waals surface area contributed by atoms with Crippen molar-refractivity contribution in [3.63, 3.8) is 0 Å². The smallest absolute Gasteiger partial charge is 0.0543 e. The molecule has 1 rings (SSSR count). The van der Waals surface area contributed by atoms with E-state index in [-0.39, 0.29) is 0 Å². The Labute approximate surface area is 82.3 Å². The molecule has 1 aromatic rings. The standard InChI is InChI=1S/C9H12ClNS/c1-2-5-12-9-6-7(11)3-4-8(9)10/h3-4,6H,2,5,11H2,1H3. The predicted octanol–water partition coefficient (Wildman–Crippen LogP) is 3.42. The molecule has 0 fully saturated rings. The zero-order valence-corrected chi connectivity index (χ0v) is 8.58. The van der Waals surface area contributed by atoms with Crippen molar-refractivity contribution >= 4 is 29.1 Å². The molecule has 12 heavy (non-hydrogen) atoms. The Bertz CT molecular complexity index is 263. The number of nitrogens with two attached hydrogens (primary N) is 1. The van der Waals surface area contributed by atoms with E-state index in [0.717, 1.165) is 27.8 Å². The number of rotatable bonds is 3. The average Bonchev–Trinajstić information content (AvgIpc) is 2.07. The summed E-state index contributed by atoms with van der Waals surface area (Å²) in [6.07, 6.45) is 1.15. The van der Waals surface area contributed by atoms with E-state index in [1.165, 1.54) is 0 Å². The Morgan fingerprint density at radius 2 is 2.25 bits per heavy atom. The molecule has 0 saturated heterocycles. The molecule has 0 unspecified atom stereocenters. The van der Waals surface area contributed by atoms with Crippen LogP contribution in [0.4, 0.5) is 5.69 Å². The van der Waals surface area contributed by atoms with Gasteiger partial charge in [0.15, 0.2) is 0 Å². The van der Waals surface area contributed by atoms with Crippen molar-refractivity contribution < 1.29 is 0 Å². The second-order valence-electron chi connectivity index (χ2n) is 2.54. The zero-order chi connectivity index (χ0) is 8.97. The van der Waals surface area contributed by atoms with Crippen molar-refractivity contribution in [3.8, 4) is 0 Å². The van der Waals surface area contributed by atoms with E-state index in [1.54, 1.807) is 11.8 Å². The fourth-order valence-electron chi connectivity index (χ4n) is 0.843. The Morgan fingerprint density at radius 3 is 2.92 bits per heavy atom. The van der Waals surface area contributed by atoms with Gasteiger partial charge >= 0.3 is 0 Å². The van der Waals surface area contributed by atoms with Crippen LogP contribution < -0.4 is 5.73 Å². The maximum Gasteiger partial charge on any atom is 0.0543 e. The van der Waals surface area contributed by atoms with Crippen LogP contribution in [0.5, 0.6) is 0 Å². The Balaban J connectivity index is 2.75. The highest BCUT2D eigenvalue weighted by Crippen LogP contribution is 2.29. The van der Waals surface area contributed by atoms with Gasteiger partial charge in [-0.1, -0.05) is 18.5 Å². The summed E-state index contributed by atoms with van der Waals surface area (Å²) in [6.45, 7) is 2.15. The third kappa shape index (κ3) is 2.61. The number of thioether (sulfide) groups is 1. The van der Waals surface area contributed by atoms with Crippen LogP contribution in [0.3, 0.4) is 0 Å². The second kappa shape index (κ2) is 4.63. The molecule has 0 spiro atoms. The van der Waals surface area contributed by atoms with Crippen LogP contribution in [-0.2, 0) is 0 Å². The normalized spacial score (nSPS) is 10.2. The SMILES string of the molecule is CCCSc1cc(N)ccc1Cl. The molecule has 1 nitrogen and oxygen atoms in total. The van der Waals surface area contributed by atoms with Crippen molar-refractivity contribution in [2.45, 2.75) is 18.2 Å². The molecular weight excluding hydrogens is 190 g/mol. The van der Waals surface area contributed by atoms with E-state index in [4.69, 9.17) is 17.3 Å². The van der Waals surface area contributed by atoms with E-state index in [9.17, 15) is 0 Å². The lowest BCUT2D eigenvalue weighted by atomic mass is 10.3. The first-order valence-electron chi connectivity index (χ1n) is 3.92. The molecule has 2 N–H and O–H groups in total. The lowest BCUT2D eigenvalue weighted by molar-refractivity contribution is 1.10. The van der Waals surface area contributed by atoms with Crippen LogP contribution in [0.1, 0.15) is 13.3 Å². The highest BCUT2D eigenvalue weighted by atomic mass is 35.5. The Hall–Kier alpha value is -0.340. The Morgan fingerprint density at radius 1 is 1.50 bits per heavy atom. The summed E-state index contributed by atoms with van der Waals surface area (Å²) in [5.74, 6) is 1.09. The largest absolute Gasteiger partial charge is 0.399 e. The fourth-order valence-corrected chi connectivity index (χ4v) is 1.97. The van der Waals surface area contributed by atoms with Gasteiger partial charge in [0.2, 0.25) is 0 Å². The molecule has 3 heteroatoms. The van der Waals surface area contributed by atoms with Gasteiger partial charge in [-0.05, 0) is 30.4 Å². The molecular formula is C9H12ClNS. The topological polar surface area (TPSA) is 26.0 Å². The zero-order valence-electron chi connectivity index (χ0n) is 7.01. The first-order chi connectivity index (χ1) is 5.74. The summed E-state index contributed by atoms with van der Waals surface area (Å²) >= 11 is 7.70. The molecule has 0 aromatic heterocycles. The highest BCUT2D eigenvalue weighted by Gasteiger charge is 1.99. The van der Waals surface area contributed by atoms with Gasteiger partial charge in [-0.2, -0.15) is 0 Å². The van der Waals surface area contributed by atoms with Gasteiger partial charge in [-0.25, -0.2) is 0 Å². The monoisotopic (exact) mass is 201 g/mol. The molecule has 0 amide bonds. The van der Waals surface area contributed by atoms with Crippen LogP contribution in [0, 0.1) is 0 Å². The maximum absolute atomic E-state index is 5.96. The Kier molecular flexibility index (Phi) is 3.76. The second-order valence-corrected chi connectivity index (χ2v) is 4.08. The number of hydrogen-bond acceptors (Lipinski definition) is 2. The molecule has 1 aromatic carbocycles. The van der Waals surface area contributed by atoms with Gasteiger partial charge < -0.3 is 5.73 Å². The maximum atomic E-state index is 5.96. The molecule has 0 aliphatic carbocycles. The molecule has 0 heterocycles. The van der Waals surface area contributed by atoms with Crippen LogP contribution in [-0.4, -0.2) is 5.75 Å². The van der Waals surface area contributed by atoms with E-state index in [1.807, 2.05) is 18.2 Å². The number of benzene rings is 1. The van der Waals surface area contributed by atoms with Gasteiger partial charge in [0.25, 0.3) is 0 Å². The minimum atomic E-state index is 0.776. The lowest BCUT2D eigenvalue weighted by Crippen LogP contribution is -1.85. The fraction of sp³-hybridized carbons (Fsp3) is 0.333. The minimum Gasteiger partial charge on any atom is -0.399 e. The summed E-state index contributed by atoms with van der Waals surface area (Å²) < 4.78 is 0. The first-order valence-corrected chi connectivity index (χ1v) is 5.28. The van der Waals surface area contributed by atoms with Gasteiger partial charge in [-0.3, -0.25) is 0 Å². The van der Waals surface area contributed by atoms with Crippen LogP contribution in [0.25, 0.3) is 0 Å². The third-order valence-electron chi connectivity index (χ3n) is 1.42. The van der Waals surface area contributed by atoms with Gasteiger partial charge in [0, 0.05) is 10.6 Å². The number of anilines is 1. The van der Waals surface area contributed by atoms with E-state index >= 15 is 0 Å². The summed E-state index contributed by atoms with van der Waals surface area (Å²) in [4.78, 5) is 1.08. The third-order valence-corrected chi connectivity index (χ3v) is 3.12. The van der Waals surface area contributed by atoms with Gasteiger partial charge in [0.05, 0.1) is 5.02 Å². The molecule has 0 aliphatic heterocycles. The number of nitrogen functional groups attached to an aromatic ring is 1. The predicted molar refractivity (Wildman–Crippen MR) is 56.9 cm³/mol. The van der Waals surface area contributed by atoms with Crippen molar-refractivity contribution in [2.24, 2.45) is 0 Å². The molecule has 0 aliphatic rings. The minimum absolute atomic E-state index is 0.776. The molecule has 0 atom stereocenters. The first kappa shape index (κ1) is 9.75. The molecule has 66 valence electrons.